The van der Waals surface area contributed by atoms with Crippen molar-refractivity contribution < 1.29 is 5.11 Å². The highest BCUT2D eigenvalue weighted by Crippen LogP contribution is 2.31. The van der Waals surface area contributed by atoms with Crippen LogP contribution < -0.4 is 4.90 Å². The molecule has 1 fully saturated rings. The number of benzene rings is 1. The Balaban J connectivity index is 1.96. The van der Waals surface area contributed by atoms with Gasteiger partial charge in [-0.25, -0.2) is 4.98 Å². The first-order valence-corrected chi connectivity index (χ1v) is 8.84. The van der Waals surface area contributed by atoms with Gasteiger partial charge in [-0.2, -0.15) is 5.26 Å². The first kappa shape index (κ1) is 15.9. The minimum Gasteiger partial charge on any atom is -0.393 e. The second-order valence-electron chi connectivity index (χ2n) is 7.02. The molecule has 25 heavy (non-hydrogen) atoms. The summed E-state index contributed by atoms with van der Waals surface area (Å²) in [6.07, 6.45) is 1.80. The molecule has 2 atom stereocenters. The fourth-order valence-electron chi connectivity index (χ4n) is 3.92. The van der Waals surface area contributed by atoms with Gasteiger partial charge < -0.3 is 10.0 Å². The van der Waals surface area contributed by atoms with E-state index in [0.717, 1.165) is 54.0 Å². The monoisotopic (exact) mass is 334 g/mol. The molecular formula is C20H22N4O. The van der Waals surface area contributed by atoms with Crippen LogP contribution in [0.5, 0.6) is 0 Å². The number of aliphatic hydroxyl groups excluding tert-OH is 1. The predicted octanol–water partition coefficient (Wildman–Crippen LogP) is 3.26. The minimum absolute atomic E-state index is 0.273. The topological polar surface area (TPSA) is 64.6 Å². The minimum atomic E-state index is -0.308. The molecule has 1 aromatic carbocycles. The molecule has 3 heterocycles. The Labute approximate surface area is 147 Å². The maximum atomic E-state index is 10.0. The van der Waals surface area contributed by atoms with E-state index in [0.29, 0.717) is 5.56 Å². The van der Waals surface area contributed by atoms with Crippen LogP contribution in [-0.2, 0) is 0 Å². The Morgan fingerprint density at radius 2 is 2.16 bits per heavy atom. The molecule has 1 saturated heterocycles. The maximum absolute atomic E-state index is 10.0. The lowest BCUT2D eigenvalue weighted by molar-refractivity contribution is 0.115. The highest BCUT2D eigenvalue weighted by molar-refractivity contribution is 5.85. The zero-order valence-electron chi connectivity index (χ0n) is 14.6. The number of piperidine rings is 1. The van der Waals surface area contributed by atoms with E-state index in [4.69, 9.17) is 4.98 Å². The van der Waals surface area contributed by atoms with Gasteiger partial charge in [-0.3, -0.25) is 4.40 Å². The molecule has 4 rings (SSSR count). The fraction of sp³-hybridized carbons (Fsp3) is 0.400. The molecule has 5 nitrogen and oxygen atoms in total. The van der Waals surface area contributed by atoms with Gasteiger partial charge in [0.1, 0.15) is 11.9 Å². The van der Waals surface area contributed by atoms with Crippen molar-refractivity contribution in [2.24, 2.45) is 5.92 Å². The molecule has 0 saturated carbocycles. The molecule has 1 aliphatic rings. The lowest BCUT2D eigenvalue weighted by Crippen LogP contribution is -2.40. The first-order valence-electron chi connectivity index (χ1n) is 8.84. The third-order valence-electron chi connectivity index (χ3n) is 5.33. The Morgan fingerprint density at radius 3 is 2.92 bits per heavy atom. The average Bonchev–Trinajstić information content (AvgIpc) is 3.00. The van der Waals surface area contributed by atoms with Crippen molar-refractivity contribution in [1.29, 1.82) is 5.26 Å². The van der Waals surface area contributed by atoms with Gasteiger partial charge in [0.2, 0.25) is 0 Å². The van der Waals surface area contributed by atoms with E-state index in [1.165, 1.54) is 0 Å². The number of pyridine rings is 1. The van der Waals surface area contributed by atoms with E-state index in [1.807, 2.05) is 38.1 Å². The van der Waals surface area contributed by atoms with Crippen LogP contribution in [0.25, 0.3) is 16.7 Å². The van der Waals surface area contributed by atoms with Crippen LogP contribution in [-0.4, -0.2) is 33.7 Å². The Kier molecular flexibility index (Phi) is 3.85. The van der Waals surface area contributed by atoms with E-state index >= 15 is 0 Å². The van der Waals surface area contributed by atoms with Crippen molar-refractivity contribution in [2.75, 3.05) is 18.0 Å². The number of nitriles is 1. The second kappa shape index (κ2) is 6.05. The van der Waals surface area contributed by atoms with Crippen LogP contribution in [0.3, 0.4) is 0 Å². The van der Waals surface area contributed by atoms with E-state index in [9.17, 15) is 10.4 Å². The van der Waals surface area contributed by atoms with Crippen LogP contribution in [0.1, 0.15) is 30.9 Å². The first-order chi connectivity index (χ1) is 12.1. The SMILES string of the molecule is Cc1cc(N2CCCC(C(C)O)C2)n2c(nc3ccccc32)c1C#N. The van der Waals surface area contributed by atoms with Gasteiger partial charge in [0.05, 0.1) is 22.7 Å². The number of hydrogen-bond acceptors (Lipinski definition) is 4. The van der Waals surface area contributed by atoms with Crippen molar-refractivity contribution in [1.82, 2.24) is 9.38 Å². The van der Waals surface area contributed by atoms with Crippen LogP contribution in [0.4, 0.5) is 5.82 Å². The number of hydrogen-bond donors (Lipinski definition) is 1. The number of nitrogens with zero attached hydrogens (tertiary/aromatic N) is 4. The van der Waals surface area contributed by atoms with Gasteiger partial charge in [0.25, 0.3) is 0 Å². The van der Waals surface area contributed by atoms with Gasteiger partial charge in [-0.05, 0) is 50.5 Å². The van der Waals surface area contributed by atoms with Crippen molar-refractivity contribution >= 4 is 22.5 Å². The van der Waals surface area contributed by atoms with Gasteiger partial charge >= 0.3 is 0 Å². The Bertz CT molecular complexity index is 983. The number of aromatic nitrogens is 2. The number of imidazole rings is 1. The van der Waals surface area contributed by atoms with Crippen molar-refractivity contribution in [3.63, 3.8) is 0 Å². The number of anilines is 1. The molecule has 1 aliphatic heterocycles. The standard InChI is InChI=1S/C20H22N4O/c1-13-10-19(23-9-5-6-15(12-23)14(2)25)24-18-8-4-3-7-17(18)22-20(24)16(13)11-21/h3-4,7-8,10,14-15,25H,5-6,9,12H2,1-2H3. The number of aliphatic hydroxyl groups is 1. The fourth-order valence-corrected chi connectivity index (χ4v) is 3.92. The van der Waals surface area contributed by atoms with Gasteiger partial charge in [-0.1, -0.05) is 12.1 Å². The van der Waals surface area contributed by atoms with Gasteiger partial charge in [-0.15, -0.1) is 0 Å². The summed E-state index contributed by atoms with van der Waals surface area (Å²) in [4.78, 5) is 7.05. The zero-order valence-corrected chi connectivity index (χ0v) is 14.6. The van der Waals surface area contributed by atoms with E-state index in [1.54, 1.807) is 0 Å². The van der Waals surface area contributed by atoms with Crippen LogP contribution in [0, 0.1) is 24.2 Å². The average molecular weight is 334 g/mol. The van der Waals surface area contributed by atoms with Crippen molar-refractivity contribution in [3.05, 3.63) is 41.5 Å². The van der Waals surface area contributed by atoms with E-state index < -0.39 is 0 Å². The molecule has 0 bridgehead atoms. The summed E-state index contributed by atoms with van der Waals surface area (Å²) in [7, 11) is 0. The molecule has 0 radical (unpaired) electrons. The number of aryl methyl sites for hydroxylation is 1. The summed E-state index contributed by atoms with van der Waals surface area (Å²) >= 11 is 0. The zero-order chi connectivity index (χ0) is 17.6. The number of rotatable bonds is 2. The van der Waals surface area contributed by atoms with E-state index in [-0.39, 0.29) is 12.0 Å². The number of para-hydroxylation sites is 2. The third-order valence-corrected chi connectivity index (χ3v) is 5.33. The quantitative estimate of drug-likeness (QED) is 0.781. The van der Waals surface area contributed by atoms with Crippen molar-refractivity contribution in [2.45, 2.75) is 32.8 Å². The largest absolute Gasteiger partial charge is 0.393 e. The highest BCUT2D eigenvalue weighted by Gasteiger charge is 2.26. The Morgan fingerprint density at radius 1 is 1.36 bits per heavy atom. The smallest absolute Gasteiger partial charge is 0.157 e. The lowest BCUT2D eigenvalue weighted by Gasteiger charge is -2.36. The molecule has 5 heteroatoms. The second-order valence-corrected chi connectivity index (χ2v) is 7.02. The summed E-state index contributed by atoms with van der Waals surface area (Å²) in [6.45, 7) is 5.62. The molecule has 3 aromatic rings. The molecule has 1 N–H and O–H groups in total. The molecule has 128 valence electrons. The van der Waals surface area contributed by atoms with Gasteiger partial charge in [0, 0.05) is 19.0 Å². The molecule has 0 aliphatic carbocycles. The molecular weight excluding hydrogens is 312 g/mol. The highest BCUT2D eigenvalue weighted by atomic mass is 16.3. The summed E-state index contributed by atoms with van der Waals surface area (Å²) < 4.78 is 2.10. The molecule has 2 unspecified atom stereocenters. The van der Waals surface area contributed by atoms with Crippen LogP contribution >= 0.6 is 0 Å². The third kappa shape index (κ3) is 2.54. The van der Waals surface area contributed by atoms with Crippen molar-refractivity contribution in [3.8, 4) is 6.07 Å². The Hall–Kier alpha value is -2.58. The van der Waals surface area contributed by atoms with Gasteiger partial charge in [0.15, 0.2) is 5.65 Å². The lowest BCUT2D eigenvalue weighted by atomic mass is 9.93. The molecule has 0 amide bonds. The summed E-state index contributed by atoms with van der Waals surface area (Å²) in [5.41, 5.74) is 4.21. The van der Waals surface area contributed by atoms with E-state index in [2.05, 4.69) is 21.4 Å². The molecule has 0 spiro atoms. The maximum Gasteiger partial charge on any atom is 0.157 e. The molecule has 2 aromatic heterocycles. The van der Waals surface area contributed by atoms with Crippen LogP contribution in [0.15, 0.2) is 30.3 Å². The normalized spacial score (nSPS) is 19.3. The predicted molar refractivity (Wildman–Crippen MR) is 98.8 cm³/mol. The van der Waals surface area contributed by atoms with Crippen LogP contribution in [0.2, 0.25) is 0 Å². The summed E-state index contributed by atoms with van der Waals surface area (Å²) in [6, 6.07) is 12.4. The number of fused-ring (bicyclic) bond motifs is 3. The summed E-state index contributed by atoms with van der Waals surface area (Å²) in [5.74, 6) is 1.33. The summed E-state index contributed by atoms with van der Waals surface area (Å²) in [5, 5.41) is 19.6.